The first kappa shape index (κ1) is 14.5. The molecule has 1 aromatic heterocycles. The lowest BCUT2D eigenvalue weighted by Gasteiger charge is -2.33. The van der Waals surface area contributed by atoms with Gasteiger partial charge in [0.15, 0.2) is 11.7 Å². The predicted molar refractivity (Wildman–Crippen MR) is 76.0 cm³/mol. The van der Waals surface area contributed by atoms with E-state index in [9.17, 15) is 5.11 Å². The number of piperidine rings is 1. The van der Waals surface area contributed by atoms with Crippen molar-refractivity contribution in [1.29, 1.82) is 0 Å². The van der Waals surface area contributed by atoms with Gasteiger partial charge in [0.25, 0.3) is 0 Å². The van der Waals surface area contributed by atoms with Gasteiger partial charge in [-0.25, -0.2) is 0 Å². The molecule has 110 valence electrons. The van der Waals surface area contributed by atoms with Crippen LogP contribution < -0.4 is 10.6 Å². The summed E-state index contributed by atoms with van der Waals surface area (Å²) in [5, 5.41) is 29.8. The van der Waals surface area contributed by atoms with Crippen LogP contribution in [0.5, 0.6) is 0 Å². The molecule has 1 aliphatic heterocycles. The third-order valence-electron chi connectivity index (χ3n) is 3.88. The Balaban J connectivity index is 2.43. The highest BCUT2D eigenvalue weighted by Gasteiger charge is 2.25. The summed E-state index contributed by atoms with van der Waals surface area (Å²) in [6, 6.07) is 0. The van der Waals surface area contributed by atoms with Crippen molar-refractivity contribution in [2.75, 3.05) is 24.6 Å². The number of aryl methyl sites for hydroxylation is 1. The fourth-order valence-electron chi connectivity index (χ4n) is 2.58. The largest absolute Gasteiger partial charge is 0.409 e. The minimum atomic E-state index is 0.0432. The monoisotopic (exact) mass is 279 g/mol. The number of amidine groups is 1. The zero-order chi connectivity index (χ0) is 14.7. The van der Waals surface area contributed by atoms with Crippen LogP contribution in [-0.2, 0) is 0 Å². The Morgan fingerprint density at radius 3 is 2.85 bits per heavy atom. The molecule has 0 amide bonds. The molecule has 0 bridgehead atoms. The van der Waals surface area contributed by atoms with Crippen LogP contribution in [0.2, 0.25) is 0 Å². The average molecular weight is 279 g/mol. The van der Waals surface area contributed by atoms with Crippen LogP contribution in [0.15, 0.2) is 5.16 Å². The van der Waals surface area contributed by atoms with E-state index < -0.39 is 0 Å². The first-order valence-corrected chi connectivity index (χ1v) is 6.76. The van der Waals surface area contributed by atoms with E-state index in [1.807, 2.05) is 13.8 Å². The van der Waals surface area contributed by atoms with Crippen molar-refractivity contribution in [3.63, 3.8) is 0 Å². The highest BCUT2D eigenvalue weighted by atomic mass is 16.4. The van der Waals surface area contributed by atoms with Gasteiger partial charge in [-0.15, -0.1) is 5.10 Å². The number of aliphatic hydroxyl groups is 1. The number of hydrogen-bond acceptors (Lipinski definition) is 6. The first-order valence-electron chi connectivity index (χ1n) is 6.76. The predicted octanol–water partition coefficient (Wildman–Crippen LogP) is 0.397. The Morgan fingerprint density at radius 2 is 2.20 bits per heavy atom. The molecule has 0 aliphatic carbocycles. The van der Waals surface area contributed by atoms with Crippen LogP contribution in [0.4, 0.5) is 5.82 Å². The summed E-state index contributed by atoms with van der Waals surface area (Å²) >= 11 is 0. The van der Waals surface area contributed by atoms with Gasteiger partial charge in [-0.05, 0) is 38.2 Å². The Morgan fingerprint density at radius 1 is 1.45 bits per heavy atom. The smallest absolute Gasteiger partial charge is 0.174 e. The molecule has 2 heterocycles. The van der Waals surface area contributed by atoms with Crippen LogP contribution in [-0.4, -0.2) is 46.0 Å². The molecule has 1 unspecified atom stereocenters. The minimum absolute atomic E-state index is 0.0432. The molecule has 0 spiro atoms. The van der Waals surface area contributed by atoms with Gasteiger partial charge in [-0.3, -0.25) is 0 Å². The Labute approximate surface area is 118 Å². The van der Waals surface area contributed by atoms with Gasteiger partial charge in [0, 0.05) is 19.7 Å². The Bertz CT molecular complexity index is 518. The van der Waals surface area contributed by atoms with Crippen LogP contribution in [0, 0.1) is 19.8 Å². The van der Waals surface area contributed by atoms with E-state index in [1.165, 1.54) is 0 Å². The minimum Gasteiger partial charge on any atom is -0.409 e. The van der Waals surface area contributed by atoms with Gasteiger partial charge < -0.3 is 20.9 Å². The zero-order valence-electron chi connectivity index (χ0n) is 11.9. The van der Waals surface area contributed by atoms with Crippen LogP contribution in [0.1, 0.15) is 29.7 Å². The van der Waals surface area contributed by atoms with Gasteiger partial charge in [-0.1, -0.05) is 5.16 Å². The zero-order valence-corrected chi connectivity index (χ0v) is 11.9. The van der Waals surface area contributed by atoms with E-state index in [1.54, 1.807) is 0 Å². The molecule has 4 N–H and O–H groups in total. The van der Waals surface area contributed by atoms with E-state index in [0.717, 1.165) is 30.6 Å². The van der Waals surface area contributed by atoms with Crippen molar-refractivity contribution < 1.29 is 10.3 Å². The van der Waals surface area contributed by atoms with Gasteiger partial charge in [-0.2, -0.15) is 5.10 Å². The van der Waals surface area contributed by atoms with Crippen molar-refractivity contribution in [3.8, 4) is 0 Å². The SMILES string of the molecule is Cc1nnc(N2CCCC(CO)C2)c(/C(N)=N/O)c1C. The number of rotatable bonds is 3. The summed E-state index contributed by atoms with van der Waals surface area (Å²) in [5.41, 5.74) is 8.03. The number of hydrogen-bond donors (Lipinski definition) is 3. The number of oxime groups is 1. The second kappa shape index (κ2) is 6.04. The van der Waals surface area contributed by atoms with E-state index in [0.29, 0.717) is 17.9 Å². The third kappa shape index (κ3) is 2.67. The van der Waals surface area contributed by atoms with Gasteiger partial charge >= 0.3 is 0 Å². The second-order valence-electron chi connectivity index (χ2n) is 5.23. The summed E-state index contributed by atoms with van der Waals surface area (Å²) in [5.74, 6) is 0.899. The highest BCUT2D eigenvalue weighted by Crippen LogP contribution is 2.26. The molecule has 0 aromatic carbocycles. The summed E-state index contributed by atoms with van der Waals surface area (Å²) in [6.45, 7) is 5.42. The summed E-state index contributed by atoms with van der Waals surface area (Å²) < 4.78 is 0. The summed E-state index contributed by atoms with van der Waals surface area (Å²) in [6.07, 6.45) is 1.99. The van der Waals surface area contributed by atoms with E-state index in [2.05, 4.69) is 20.3 Å². The molecule has 7 heteroatoms. The average Bonchev–Trinajstić information content (AvgIpc) is 2.49. The van der Waals surface area contributed by atoms with Crippen molar-refractivity contribution in [1.82, 2.24) is 10.2 Å². The molecule has 20 heavy (non-hydrogen) atoms. The Kier molecular flexibility index (Phi) is 4.39. The lowest BCUT2D eigenvalue weighted by Crippen LogP contribution is -2.39. The quantitative estimate of drug-likeness (QED) is 0.320. The van der Waals surface area contributed by atoms with E-state index in [-0.39, 0.29) is 18.4 Å². The molecular weight excluding hydrogens is 258 g/mol. The maximum Gasteiger partial charge on any atom is 0.174 e. The number of anilines is 1. The molecule has 1 fully saturated rings. The lowest BCUT2D eigenvalue weighted by atomic mass is 9.98. The van der Waals surface area contributed by atoms with Gasteiger partial charge in [0.2, 0.25) is 0 Å². The van der Waals surface area contributed by atoms with Crippen LogP contribution in [0.3, 0.4) is 0 Å². The fourth-order valence-corrected chi connectivity index (χ4v) is 2.58. The van der Waals surface area contributed by atoms with Crippen molar-refractivity contribution in [2.45, 2.75) is 26.7 Å². The number of aromatic nitrogens is 2. The molecule has 2 rings (SSSR count). The van der Waals surface area contributed by atoms with Crippen LogP contribution in [0.25, 0.3) is 0 Å². The molecule has 7 nitrogen and oxygen atoms in total. The normalized spacial score (nSPS) is 20.2. The molecule has 1 aromatic rings. The summed E-state index contributed by atoms with van der Waals surface area (Å²) in [4.78, 5) is 2.05. The molecule has 0 saturated carbocycles. The second-order valence-corrected chi connectivity index (χ2v) is 5.23. The summed E-state index contributed by atoms with van der Waals surface area (Å²) in [7, 11) is 0. The van der Waals surface area contributed by atoms with Crippen molar-refractivity contribution >= 4 is 11.7 Å². The van der Waals surface area contributed by atoms with E-state index in [4.69, 9.17) is 10.9 Å². The molecular formula is C13H21N5O2. The number of nitrogens with zero attached hydrogens (tertiary/aromatic N) is 4. The molecule has 1 atom stereocenters. The highest BCUT2D eigenvalue weighted by molar-refractivity contribution is 6.02. The molecule has 1 saturated heterocycles. The number of aliphatic hydroxyl groups excluding tert-OH is 1. The van der Waals surface area contributed by atoms with Crippen LogP contribution >= 0.6 is 0 Å². The van der Waals surface area contributed by atoms with Gasteiger partial charge in [0.05, 0.1) is 11.3 Å². The maximum atomic E-state index is 9.33. The van der Waals surface area contributed by atoms with Crippen molar-refractivity contribution in [2.24, 2.45) is 16.8 Å². The Hall–Kier alpha value is -1.89. The molecule has 0 radical (unpaired) electrons. The topological polar surface area (TPSA) is 108 Å². The fraction of sp³-hybridized carbons (Fsp3) is 0.615. The van der Waals surface area contributed by atoms with Crippen molar-refractivity contribution in [3.05, 3.63) is 16.8 Å². The first-order chi connectivity index (χ1) is 9.58. The number of nitrogens with two attached hydrogens (primary N) is 1. The lowest BCUT2D eigenvalue weighted by molar-refractivity contribution is 0.208. The standard InChI is InChI=1S/C13H21N5O2/c1-8-9(2)15-16-13(11(8)12(14)17-20)18-5-3-4-10(6-18)7-19/h10,19-20H,3-7H2,1-2H3,(H2,14,17). The van der Waals surface area contributed by atoms with Gasteiger partial charge in [0.1, 0.15) is 0 Å². The molecule has 1 aliphatic rings. The maximum absolute atomic E-state index is 9.33. The third-order valence-corrected chi connectivity index (χ3v) is 3.88. The van der Waals surface area contributed by atoms with E-state index >= 15 is 0 Å².